The van der Waals surface area contributed by atoms with Gasteiger partial charge in [0.15, 0.2) is 0 Å². The highest BCUT2D eigenvalue weighted by Crippen LogP contribution is 2.39. The number of para-hydroxylation sites is 2. The normalized spacial score (nSPS) is 13.0. The van der Waals surface area contributed by atoms with Gasteiger partial charge < -0.3 is 5.11 Å². The van der Waals surface area contributed by atoms with E-state index in [0.717, 1.165) is 27.7 Å². The predicted octanol–water partition coefficient (Wildman–Crippen LogP) is 5.22. The number of fused-ring (bicyclic) bond motifs is 1. The molecule has 0 fully saturated rings. The van der Waals surface area contributed by atoms with Crippen LogP contribution in [0.25, 0.3) is 11.0 Å². The first kappa shape index (κ1) is 18.2. The largest absolute Gasteiger partial charge is 0.507 e. The maximum atomic E-state index is 10.8. The molecule has 4 heteroatoms. The fourth-order valence-corrected chi connectivity index (χ4v) is 3.04. The van der Waals surface area contributed by atoms with Crippen LogP contribution in [0.5, 0.6) is 5.75 Å². The SMILES string of the molecule is CC(C)(C)c1cc(/C=N\n2cnc3ccccc32)cc(C(C)(C)C)c1O. The first-order valence-electron chi connectivity index (χ1n) is 8.92. The molecule has 0 amide bonds. The standard InChI is InChI=1S/C22H27N3O/c1-21(2,3)16-11-15(12-17(20(16)26)22(4,5)6)13-24-25-14-23-18-9-7-8-10-19(18)25/h7-14,26H,1-6H3/b24-13-. The number of hydrogen-bond donors (Lipinski definition) is 1. The van der Waals surface area contributed by atoms with Gasteiger partial charge in [-0.25, -0.2) is 9.66 Å². The number of rotatable bonds is 2. The van der Waals surface area contributed by atoms with Crippen molar-refractivity contribution in [2.45, 2.75) is 52.4 Å². The Morgan fingerprint density at radius 1 is 0.962 bits per heavy atom. The van der Waals surface area contributed by atoms with Crippen LogP contribution in [0.4, 0.5) is 0 Å². The number of imidazole rings is 1. The van der Waals surface area contributed by atoms with Gasteiger partial charge in [0.2, 0.25) is 0 Å². The van der Waals surface area contributed by atoms with Gasteiger partial charge in [-0.05, 0) is 40.7 Å². The summed E-state index contributed by atoms with van der Waals surface area (Å²) in [5.74, 6) is 0.384. The molecule has 1 heterocycles. The smallest absolute Gasteiger partial charge is 0.123 e. The van der Waals surface area contributed by atoms with E-state index >= 15 is 0 Å². The molecule has 26 heavy (non-hydrogen) atoms. The second kappa shape index (κ2) is 6.27. The van der Waals surface area contributed by atoms with Crippen molar-refractivity contribution < 1.29 is 5.11 Å². The number of phenols is 1. The van der Waals surface area contributed by atoms with Gasteiger partial charge in [0.25, 0.3) is 0 Å². The Morgan fingerprint density at radius 3 is 2.12 bits per heavy atom. The zero-order chi connectivity index (χ0) is 19.1. The average Bonchev–Trinajstić information content (AvgIpc) is 2.95. The van der Waals surface area contributed by atoms with Crippen molar-refractivity contribution >= 4 is 17.2 Å². The molecule has 1 aromatic heterocycles. The first-order chi connectivity index (χ1) is 12.1. The van der Waals surface area contributed by atoms with Crippen molar-refractivity contribution in [3.05, 3.63) is 59.4 Å². The Bertz CT molecular complexity index is 934. The van der Waals surface area contributed by atoms with E-state index in [1.165, 1.54) is 0 Å². The molecule has 1 N–H and O–H groups in total. The molecule has 3 aromatic rings. The lowest BCUT2D eigenvalue weighted by Gasteiger charge is -2.27. The van der Waals surface area contributed by atoms with E-state index < -0.39 is 0 Å². The lowest BCUT2D eigenvalue weighted by molar-refractivity contribution is 0.423. The van der Waals surface area contributed by atoms with Crippen LogP contribution in [-0.4, -0.2) is 21.0 Å². The maximum absolute atomic E-state index is 10.8. The van der Waals surface area contributed by atoms with E-state index in [9.17, 15) is 5.11 Å². The predicted molar refractivity (Wildman–Crippen MR) is 108 cm³/mol. The molecular weight excluding hydrogens is 322 g/mol. The molecule has 3 rings (SSSR count). The topological polar surface area (TPSA) is 50.4 Å². The van der Waals surface area contributed by atoms with Crippen molar-refractivity contribution in [1.82, 2.24) is 9.66 Å². The van der Waals surface area contributed by atoms with Gasteiger partial charge in [0.05, 0.1) is 17.2 Å². The van der Waals surface area contributed by atoms with Gasteiger partial charge in [-0.2, -0.15) is 5.10 Å². The van der Waals surface area contributed by atoms with Crippen molar-refractivity contribution in [3.8, 4) is 5.75 Å². The van der Waals surface area contributed by atoms with Gasteiger partial charge in [-0.15, -0.1) is 0 Å². The summed E-state index contributed by atoms with van der Waals surface area (Å²) in [6, 6.07) is 12.0. The van der Waals surface area contributed by atoms with Crippen LogP contribution in [-0.2, 0) is 10.8 Å². The van der Waals surface area contributed by atoms with Gasteiger partial charge in [0, 0.05) is 11.1 Å². The maximum Gasteiger partial charge on any atom is 0.123 e. The monoisotopic (exact) mass is 349 g/mol. The molecule has 0 radical (unpaired) electrons. The van der Waals surface area contributed by atoms with Crippen LogP contribution in [0.3, 0.4) is 0 Å². The number of aromatic hydroxyl groups is 1. The minimum absolute atomic E-state index is 0.157. The van der Waals surface area contributed by atoms with Crippen molar-refractivity contribution in [2.75, 3.05) is 0 Å². The van der Waals surface area contributed by atoms with Crippen molar-refractivity contribution in [3.63, 3.8) is 0 Å². The molecule has 136 valence electrons. The number of nitrogens with zero attached hydrogens (tertiary/aromatic N) is 3. The zero-order valence-electron chi connectivity index (χ0n) is 16.4. The summed E-state index contributed by atoms with van der Waals surface area (Å²) in [4.78, 5) is 4.37. The third-order valence-corrected chi connectivity index (χ3v) is 4.51. The van der Waals surface area contributed by atoms with Crippen LogP contribution in [0.1, 0.15) is 58.2 Å². The van der Waals surface area contributed by atoms with E-state index in [0.29, 0.717) is 5.75 Å². The quantitative estimate of drug-likeness (QED) is 0.645. The Labute approximate surface area is 155 Å². The van der Waals surface area contributed by atoms with E-state index in [2.05, 4.69) is 51.6 Å². The highest BCUT2D eigenvalue weighted by atomic mass is 16.3. The van der Waals surface area contributed by atoms with Crippen molar-refractivity contribution in [1.29, 1.82) is 0 Å². The van der Waals surface area contributed by atoms with E-state index in [1.807, 2.05) is 42.6 Å². The van der Waals surface area contributed by atoms with Crippen molar-refractivity contribution in [2.24, 2.45) is 5.10 Å². The Kier molecular flexibility index (Phi) is 4.39. The molecular formula is C22H27N3O. The lowest BCUT2D eigenvalue weighted by atomic mass is 9.78. The molecule has 0 saturated carbocycles. The third kappa shape index (κ3) is 3.50. The minimum atomic E-state index is -0.157. The summed E-state index contributed by atoms with van der Waals surface area (Å²) in [5, 5.41) is 15.4. The number of hydrogen-bond acceptors (Lipinski definition) is 3. The number of phenolic OH excluding ortho intramolecular Hbond substituents is 1. The van der Waals surface area contributed by atoms with Crippen LogP contribution in [0.15, 0.2) is 47.8 Å². The number of aromatic nitrogens is 2. The summed E-state index contributed by atoms with van der Waals surface area (Å²) >= 11 is 0. The fourth-order valence-electron chi connectivity index (χ4n) is 3.04. The summed E-state index contributed by atoms with van der Waals surface area (Å²) in [5.41, 5.74) is 4.40. The highest BCUT2D eigenvalue weighted by Gasteiger charge is 2.26. The molecule has 0 bridgehead atoms. The number of benzene rings is 2. The molecule has 4 nitrogen and oxygen atoms in total. The Hall–Kier alpha value is -2.62. The molecule has 0 aliphatic heterocycles. The van der Waals surface area contributed by atoms with Crippen LogP contribution < -0.4 is 0 Å². The summed E-state index contributed by atoms with van der Waals surface area (Å²) in [6.07, 6.45) is 3.55. The Morgan fingerprint density at radius 2 is 1.54 bits per heavy atom. The average molecular weight is 349 g/mol. The molecule has 0 spiro atoms. The summed E-state index contributed by atoms with van der Waals surface area (Å²) < 4.78 is 1.77. The van der Waals surface area contributed by atoms with E-state index in [-0.39, 0.29) is 10.8 Å². The zero-order valence-corrected chi connectivity index (χ0v) is 16.4. The second-order valence-corrected chi connectivity index (χ2v) is 8.79. The molecule has 2 aromatic carbocycles. The van der Waals surface area contributed by atoms with E-state index in [1.54, 1.807) is 11.0 Å². The second-order valence-electron chi connectivity index (χ2n) is 8.79. The van der Waals surface area contributed by atoms with Crippen LogP contribution in [0, 0.1) is 0 Å². The molecule has 0 aliphatic rings. The minimum Gasteiger partial charge on any atom is -0.507 e. The molecule has 0 aliphatic carbocycles. The van der Waals surface area contributed by atoms with Gasteiger partial charge in [-0.1, -0.05) is 53.7 Å². The van der Waals surface area contributed by atoms with Gasteiger partial charge in [0.1, 0.15) is 12.1 Å². The highest BCUT2D eigenvalue weighted by molar-refractivity contribution is 5.82. The molecule has 0 saturated heterocycles. The first-order valence-corrected chi connectivity index (χ1v) is 8.92. The molecule has 0 unspecified atom stereocenters. The van der Waals surface area contributed by atoms with Gasteiger partial charge in [-0.3, -0.25) is 0 Å². The third-order valence-electron chi connectivity index (χ3n) is 4.51. The van der Waals surface area contributed by atoms with E-state index in [4.69, 9.17) is 0 Å². The van der Waals surface area contributed by atoms with Crippen LogP contribution in [0.2, 0.25) is 0 Å². The fraction of sp³-hybridized carbons (Fsp3) is 0.364. The Balaban J connectivity index is 2.10. The summed E-state index contributed by atoms with van der Waals surface area (Å²) in [7, 11) is 0. The lowest BCUT2D eigenvalue weighted by Crippen LogP contribution is -2.17. The molecule has 0 atom stereocenters. The van der Waals surface area contributed by atoms with Crippen LogP contribution >= 0.6 is 0 Å². The summed E-state index contributed by atoms with van der Waals surface area (Å²) in [6.45, 7) is 12.7. The van der Waals surface area contributed by atoms with Gasteiger partial charge >= 0.3 is 0 Å².